The van der Waals surface area contributed by atoms with Crippen molar-refractivity contribution in [2.24, 2.45) is 0 Å². The highest BCUT2D eigenvalue weighted by Gasteiger charge is 2.39. The minimum atomic E-state index is -3.21. The van der Waals surface area contributed by atoms with Crippen LogP contribution in [0.3, 0.4) is 0 Å². The zero-order valence-electron chi connectivity index (χ0n) is 18.3. The van der Waals surface area contributed by atoms with E-state index in [0.29, 0.717) is 17.5 Å². The SMILES string of the molecule is O=CCOc1ccc(Cl)cc1[C@H]1CC[C@@H](OC[C@@H]2NCCC[C@@H]2NS(=O)(=O)C2CC2)CC1. The Balaban J connectivity index is 1.28. The molecule has 4 rings (SSSR count). The maximum atomic E-state index is 12.4. The van der Waals surface area contributed by atoms with Crippen molar-refractivity contribution in [3.05, 3.63) is 28.8 Å². The third-order valence-corrected chi connectivity index (χ3v) is 8.98. The molecule has 0 bridgehead atoms. The molecule has 0 radical (unpaired) electrons. The van der Waals surface area contributed by atoms with Gasteiger partial charge in [0.15, 0.2) is 6.29 Å². The van der Waals surface area contributed by atoms with Crippen LogP contribution < -0.4 is 14.8 Å². The molecular weight excluding hydrogens is 452 g/mol. The quantitative estimate of drug-likeness (QED) is 0.495. The number of carbonyl (C=O) groups excluding carboxylic acids is 1. The number of nitrogens with one attached hydrogen (secondary N) is 2. The number of hydrogen-bond acceptors (Lipinski definition) is 6. The van der Waals surface area contributed by atoms with Gasteiger partial charge in [-0.3, -0.25) is 4.79 Å². The molecule has 32 heavy (non-hydrogen) atoms. The molecule has 0 spiro atoms. The molecule has 1 aromatic rings. The standard InChI is InChI=1S/C23H33ClN2O5S/c24-17-5-10-23(30-13-12-27)20(14-17)16-3-6-18(7-4-16)31-15-22-21(2-1-11-25-22)26-32(28,29)19-8-9-19/h5,10,12,14,16,18-19,21-22,25-26H,1-4,6-9,11,13,15H2/t16-,18+,21-,22-/m0/s1. The van der Waals surface area contributed by atoms with Crippen molar-refractivity contribution in [3.63, 3.8) is 0 Å². The van der Waals surface area contributed by atoms with Crippen molar-refractivity contribution in [1.82, 2.24) is 10.0 Å². The Morgan fingerprint density at radius 3 is 2.62 bits per heavy atom. The summed E-state index contributed by atoms with van der Waals surface area (Å²) in [4.78, 5) is 10.7. The number of rotatable bonds is 10. The fourth-order valence-corrected chi connectivity index (χ4v) is 6.66. The summed E-state index contributed by atoms with van der Waals surface area (Å²) in [5.41, 5.74) is 1.06. The molecule has 3 fully saturated rings. The van der Waals surface area contributed by atoms with Gasteiger partial charge in [-0.1, -0.05) is 11.6 Å². The van der Waals surface area contributed by atoms with Crippen LogP contribution in [-0.2, 0) is 19.6 Å². The molecule has 0 amide bonds. The van der Waals surface area contributed by atoms with Crippen LogP contribution in [0.25, 0.3) is 0 Å². The average Bonchev–Trinajstić information content (AvgIpc) is 3.64. The Bertz CT molecular complexity index is 884. The minimum Gasteiger partial charge on any atom is -0.486 e. The molecular formula is C23H33ClN2O5S. The van der Waals surface area contributed by atoms with E-state index in [1.54, 1.807) is 6.07 Å². The highest BCUT2D eigenvalue weighted by Crippen LogP contribution is 2.39. The topological polar surface area (TPSA) is 93.7 Å². The van der Waals surface area contributed by atoms with Crippen LogP contribution in [0.5, 0.6) is 5.75 Å². The summed E-state index contributed by atoms with van der Waals surface area (Å²) in [6.45, 7) is 1.44. The molecule has 0 aromatic heterocycles. The first-order valence-electron chi connectivity index (χ1n) is 11.7. The largest absolute Gasteiger partial charge is 0.486 e. The monoisotopic (exact) mass is 484 g/mol. The molecule has 1 saturated heterocycles. The van der Waals surface area contributed by atoms with Gasteiger partial charge >= 0.3 is 0 Å². The molecule has 3 aliphatic rings. The maximum Gasteiger partial charge on any atom is 0.214 e. The van der Waals surface area contributed by atoms with Crippen molar-refractivity contribution in [3.8, 4) is 5.75 Å². The van der Waals surface area contributed by atoms with Gasteiger partial charge in [-0.15, -0.1) is 0 Å². The lowest BCUT2D eigenvalue weighted by atomic mass is 9.82. The van der Waals surface area contributed by atoms with E-state index in [9.17, 15) is 13.2 Å². The van der Waals surface area contributed by atoms with Gasteiger partial charge < -0.3 is 14.8 Å². The van der Waals surface area contributed by atoms with Gasteiger partial charge in [-0.25, -0.2) is 13.1 Å². The minimum absolute atomic E-state index is 0.00581. The van der Waals surface area contributed by atoms with Crippen LogP contribution in [0, 0.1) is 0 Å². The molecule has 1 aliphatic heterocycles. The number of carbonyl (C=O) groups is 1. The van der Waals surface area contributed by atoms with Gasteiger partial charge in [0.1, 0.15) is 12.4 Å². The number of halogens is 1. The zero-order chi connectivity index (χ0) is 22.6. The Labute approximate surface area is 195 Å². The second-order valence-corrected chi connectivity index (χ2v) is 11.6. The molecule has 2 atom stereocenters. The number of ether oxygens (including phenoxy) is 2. The molecule has 1 heterocycles. The first-order chi connectivity index (χ1) is 15.5. The van der Waals surface area contributed by atoms with Gasteiger partial charge in [0.2, 0.25) is 10.0 Å². The van der Waals surface area contributed by atoms with Gasteiger partial charge in [0.25, 0.3) is 0 Å². The lowest BCUT2D eigenvalue weighted by molar-refractivity contribution is -0.109. The van der Waals surface area contributed by atoms with Crippen LogP contribution in [0.1, 0.15) is 62.8 Å². The third-order valence-electron chi connectivity index (χ3n) is 6.77. The van der Waals surface area contributed by atoms with Crippen molar-refractivity contribution in [1.29, 1.82) is 0 Å². The molecule has 178 valence electrons. The van der Waals surface area contributed by atoms with E-state index in [1.807, 2.05) is 12.1 Å². The van der Waals surface area contributed by atoms with Crippen molar-refractivity contribution in [2.45, 2.75) is 80.7 Å². The third kappa shape index (κ3) is 6.23. The summed E-state index contributed by atoms with van der Waals surface area (Å²) in [5, 5.41) is 3.91. The summed E-state index contributed by atoms with van der Waals surface area (Å²) in [6, 6.07) is 5.46. The van der Waals surface area contributed by atoms with Gasteiger partial charge in [0, 0.05) is 17.1 Å². The number of piperidine rings is 1. The van der Waals surface area contributed by atoms with Crippen LogP contribution in [0.2, 0.25) is 5.02 Å². The second-order valence-electron chi connectivity index (χ2n) is 9.14. The maximum absolute atomic E-state index is 12.4. The van der Waals surface area contributed by atoms with E-state index in [4.69, 9.17) is 21.1 Å². The first-order valence-corrected chi connectivity index (χ1v) is 13.6. The molecule has 7 nitrogen and oxygen atoms in total. The number of benzene rings is 1. The van der Waals surface area contributed by atoms with E-state index in [2.05, 4.69) is 10.0 Å². The Morgan fingerprint density at radius 2 is 1.91 bits per heavy atom. The lowest BCUT2D eigenvalue weighted by Gasteiger charge is -2.35. The Morgan fingerprint density at radius 1 is 1.12 bits per heavy atom. The van der Waals surface area contributed by atoms with Gasteiger partial charge in [0.05, 0.1) is 18.0 Å². The van der Waals surface area contributed by atoms with Crippen LogP contribution in [0.4, 0.5) is 0 Å². The molecule has 9 heteroatoms. The summed E-state index contributed by atoms with van der Waals surface area (Å²) >= 11 is 6.21. The fourth-order valence-electron chi connectivity index (χ4n) is 4.83. The summed E-state index contributed by atoms with van der Waals surface area (Å²) in [5.74, 6) is 1.05. The van der Waals surface area contributed by atoms with E-state index < -0.39 is 10.0 Å². The van der Waals surface area contributed by atoms with Crippen molar-refractivity contribution >= 4 is 27.9 Å². The summed E-state index contributed by atoms with van der Waals surface area (Å²) in [6.07, 6.45) is 8.03. The highest BCUT2D eigenvalue weighted by molar-refractivity contribution is 7.90. The van der Waals surface area contributed by atoms with E-state index >= 15 is 0 Å². The smallest absolute Gasteiger partial charge is 0.214 e. The fraction of sp³-hybridized carbons (Fsp3) is 0.696. The number of sulfonamides is 1. The lowest BCUT2D eigenvalue weighted by Crippen LogP contribution is -2.56. The van der Waals surface area contributed by atoms with Crippen molar-refractivity contribution in [2.75, 3.05) is 19.8 Å². The average molecular weight is 485 g/mol. The van der Waals surface area contributed by atoms with E-state index in [1.165, 1.54) is 0 Å². The predicted octanol–water partition coefficient (Wildman–Crippen LogP) is 3.16. The summed E-state index contributed by atoms with van der Waals surface area (Å²) < 4.78 is 39.5. The number of hydrogen-bond donors (Lipinski definition) is 2. The Kier molecular flexibility index (Phi) is 8.10. The van der Waals surface area contributed by atoms with Crippen molar-refractivity contribution < 1.29 is 22.7 Å². The van der Waals surface area contributed by atoms with E-state index in [0.717, 1.165) is 75.5 Å². The highest BCUT2D eigenvalue weighted by atomic mass is 35.5. The van der Waals surface area contributed by atoms with Crippen LogP contribution >= 0.6 is 11.6 Å². The summed E-state index contributed by atoms with van der Waals surface area (Å²) in [7, 11) is -3.21. The zero-order valence-corrected chi connectivity index (χ0v) is 19.9. The first kappa shape index (κ1) is 24.0. The molecule has 2 saturated carbocycles. The van der Waals surface area contributed by atoms with E-state index in [-0.39, 0.29) is 30.0 Å². The Hall–Kier alpha value is -1.19. The molecule has 1 aromatic carbocycles. The molecule has 2 aliphatic carbocycles. The van der Waals surface area contributed by atoms with Crippen LogP contribution in [-0.4, -0.2) is 57.9 Å². The predicted molar refractivity (Wildman–Crippen MR) is 124 cm³/mol. The molecule has 2 N–H and O–H groups in total. The molecule has 0 unspecified atom stereocenters. The second kappa shape index (κ2) is 10.8. The van der Waals surface area contributed by atoms with Crippen LogP contribution in [0.15, 0.2) is 18.2 Å². The number of aldehydes is 1. The van der Waals surface area contributed by atoms with Gasteiger partial charge in [-0.2, -0.15) is 0 Å². The normalized spacial score (nSPS) is 28.9. The van der Waals surface area contributed by atoms with Gasteiger partial charge in [-0.05, 0) is 87.6 Å².